The second-order valence-electron chi connectivity index (χ2n) is 6.16. The minimum Gasteiger partial charge on any atom is -0.448 e. The molecule has 0 saturated heterocycles. The first-order valence-corrected chi connectivity index (χ1v) is 8.71. The van der Waals surface area contributed by atoms with E-state index in [0.717, 1.165) is 12.8 Å². The maximum absolute atomic E-state index is 12.4. The van der Waals surface area contributed by atoms with Crippen LogP contribution in [-0.4, -0.2) is 32.6 Å². The Hall–Kier alpha value is -2.50. The zero-order valence-corrected chi connectivity index (χ0v) is 15.1. The highest BCUT2D eigenvalue weighted by Crippen LogP contribution is 2.12. The normalized spacial score (nSPS) is 12.0. The van der Waals surface area contributed by atoms with Gasteiger partial charge in [-0.15, -0.1) is 5.10 Å². The van der Waals surface area contributed by atoms with Crippen molar-refractivity contribution in [3.05, 3.63) is 47.5 Å². The molecule has 1 aromatic heterocycles. The summed E-state index contributed by atoms with van der Waals surface area (Å²) in [5.74, 6) is -0.986. The van der Waals surface area contributed by atoms with Gasteiger partial charge in [-0.25, -0.2) is 9.78 Å². The first kappa shape index (κ1) is 18.8. The molecule has 0 aliphatic heterocycles. The van der Waals surface area contributed by atoms with Crippen molar-refractivity contribution < 1.29 is 14.3 Å². The monoisotopic (exact) mass is 343 g/mol. The van der Waals surface area contributed by atoms with Gasteiger partial charge in [-0.1, -0.05) is 50.5 Å². The molecular weight excluding hydrogens is 318 g/mol. The third-order valence-corrected chi connectivity index (χ3v) is 3.99. The second-order valence-corrected chi connectivity index (χ2v) is 6.16. The van der Waals surface area contributed by atoms with Gasteiger partial charge in [-0.3, -0.25) is 9.48 Å². The SMILES string of the molecule is CCCCCCc1ccc(C(=O)C(C)OC(=O)c2ncn(C)n2)cc1. The molecule has 0 saturated carbocycles. The first-order valence-electron chi connectivity index (χ1n) is 8.71. The average Bonchev–Trinajstić information content (AvgIpc) is 3.05. The predicted molar refractivity (Wildman–Crippen MR) is 94.5 cm³/mol. The third kappa shape index (κ3) is 5.52. The Bertz CT molecular complexity index is 707. The molecule has 1 atom stereocenters. The van der Waals surface area contributed by atoms with E-state index in [0.29, 0.717) is 5.56 Å². The number of carbonyl (C=O) groups excluding carboxylic acids is 2. The van der Waals surface area contributed by atoms with Gasteiger partial charge in [-0.05, 0) is 25.3 Å². The van der Waals surface area contributed by atoms with E-state index in [1.54, 1.807) is 26.1 Å². The molecule has 25 heavy (non-hydrogen) atoms. The zero-order valence-electron chi connectivity index (χ0n) is 15.1. The van der Waals surface area contributed by atoms with Crippen LogP contribution in [0, 0.1) is 0 Å². The van der Waals surface area contributed by atoms with Crippen LogP contribution >= 0.6 is 0 Å². The lowest BCUT2D eigenvalue weighted by Gasteiger charge is -2.11. The quantitative estimate of drug-likeness (QED) is 0.396. The van der Waals surface area contributed by atoms with Crippen molar-refractivity contribution >= 4 is 11.8 Å². The lowest BCUT2D eigenvalue weighted by molar-refractivity contribution is 0.0307. The molecule has 2 aromatic rings. The number of carbonyl (C=O) groups is 2. The van der Waals surface area contributed by atoms with E-state index < -0.39 is 12.1 Å². The zero-order chi connectivity index (χ0) is 18.2. The predicted octanol–water partition coefficient (Wildman–Crippen LogP) is 3.37. The topological polar surface area (TPSA) is 74.1 Å². The Balaban J connectivity index is 1.89. The lowest BCUT2D eigenvalue weighted by atomic mass is 10.0. The molecule has 0 fully saturated rings. The van der Waals surface area contributed by atoms with Crippen molar-refractivity contribution in [2.24, 2.45) is 7.05 Å². The maximum Gasteiger partial charge on any atom is 0.378 e. The summed E-state index contributed by atoms with van der Waals surface area (Å²) in [7, 11) is 1.65. The molecule has 1 unspecified atom stereocenters. The molecule has 0 bridgehead atoms. The summed E-state index contributed by atoms with van der Waals surface area (Å²) < 4.78 is 6.57. The Kier molecular flexibility index (Phi) is 6.86. The molecule has 0 spiro atoms. The van der Waals surface area contributed by atoms with E-state index in [1.807, 2.05) is 12.1 Å². The number of nitrogens with zero attached hydrogens (tertiary/aromatic N) is 3. The van der Waals surface area contributed by atoms with Crippen molar-refractivity contribution in [1.82, 2.24) is 14.8 Å². The van der Waals surface area contributed by atoms with Crippen LogP contribution in [0.2, 0.25) is 0 Å². The van der Waals surface area contributed by atoms with Gasteiger partial charge >= 0.3 is 5.97 Å². The van der Waals surface area contributed by atoms with E-state index in [4.69, 9.17) is 4.74 Å². The molecule has 6 nitrogen and oxygen atoms in total. The number of aromatic nitrogens is 3. The van der Waals surface area contributed by atoms with Crippen LogP contribution in [-0.2, 0) is 18.2 Å². The highest BCUT2D eigenvalue weighted by atomic mass is 16.5. The van der Waals surface area contributed by atoms with Crippen LogP contribution in [0.3, 0.4) is 0 Å². The lowest BCUT2D eigenvalue weighted by Crippen LogP contribution is -2.25. The van der Waals surface area contributed by atoms with E-state index in [-0.39, 0.29) is 11.6 Å². The molecular formula is C19H25N3O3. The molecule has 1 aromatic carbocycles. The number of hydrogen-bond donors (Lipinski definition) is 0. The molecule has 134 valence electrons. The molecule has 2 rings (SSSR count). The largest absolute Gasteiger partial charge is 0.448 e. The first-order chi connectivity index (χ1) is 12.0. The fraction of sp³-hybridized carbons (Fsp3) is 0.474. The van der Waals surface area contributed by atoms with Gasteiger partial charge in [0.1, 0.15) is 6.33 Å². The van der Waals surface area contributed by atoms with Gasteiger partial charge in [-0.2, -0.15) is 0 Å². The Morgan fingerprint density at radius 3 is 2.48 bits per heavy atom. The van der Waals surface area contributed by atoms with Crippen molar-refractivity contribution in [1.29, 1.82) is 0 Å². The highest BCUT2D eigenvalue weighted by Gasteiger charge is 2.22. The van der Waals surface area contributed by atoms with Crippen molar-refractivity contribution in [2.75, 3.05) is 0 Å². The fourth-order valence-corrected chi connectivity index (χ4v) is 2.53. The third-order valence-electron chi connectivity index (χ3n) is 3.99. The summed E-state index contributed by atoms with van der Waals surface area (Å²) >= 11 is 0. The fourth-order valence-electron chi connectivity index (χ4n) is 2.53. The summed E-state index contributed by atoms with van der Waals surface area (Å²) in [6.45, 7) is 3.75. The van der Waals surface area contributed by atoms with Gasteiger partial charge in [0.25, 0.3) is 5.82 Å². The molecule has 0 N–H and O–H groups in total. The summed E-state index contributed by atoms with van der Waals surface area (Å²) in [5.41, 5.74) is 1.75. The van der Waals surface area contributed by atoms with Crippen LogP contribution in [0.5, 0.6) is 0 Å². The van der Waals surface area contributed by atoms with Crippen LogP contribution in [0.15, 0.2) is 30.6 Å². The van der Waals surface area contributed by atoms with Gasteiger partial charge in [0.2, 0.25) is 5.78 Å². The van der Waals surface area contributed by atoms with E-state index in [9.17, 15) is 9.59 Å². The Morgan fingerprint density at radius 2 is 1.88 bits per heavy atom. The van der Waals surface area contributed by atoms with Crippen molar-refractivity contribution in [3.8, 4) is 0 Å². The Labute approximate surface area is 148 Å². The smallest absolute Gasteiger partial charge is 0.378 e. The number of esters is 1. The van der Waals surface area contributed by atoms with Crippen molar-refractivity contribution in [2.45, 2.75) is 52.1 Å². The average molecular weight is 343 g/mol. The molecule has 6 heteroatoms. The summed E-state index contributed by atoms with van der Waals surface area (Å²) in [5, 5.41) is 3.87. The second kappa shape index (κ2) is 9.11. The standard InChI is InChI=1S/C19H25N3O3/c1-4-5-6-7-8-15-9-11-16(12-10-15)17(23)14(2)25-19(24)18-20-13-22(3)21-18/h9-14H,4-8H2,1-3H3. The summed E-state index contributed by atoms with van der Waals surface area (Å²) in [6.07, 6.45) is 6.40. The van der Waals surface area contributed by atoms with Gasteiger partial charge in [0.05, 0.1) is 0 Å². The minimum atomic E-state index is -0.883. The van der Waals surface area contributed by atoms with Gasteiger partial charge < -0.3 is 4.74 Å². The number of aryl methyl sites for hydroxylation is 2. The van der Waals surface area contributed by atoms with Crippen LogP contribution in [0.1, 0.15) is 66.1 Å². The maximum atomic E-state index is 12.4. The van der Waals surface area contributed by atoms with Crippen LogP contribution in [0.4, 0.5) is 0 Å². The molecule has 0 radical (unpaired) electrons. The highest BCUT2D eigenvalue weighted by molar-refractivity contribution is 6.00. The number of hydrogen-bond acceptors (Lipinski definition) is 5. The Morgan fingerprint density at radius 1 is 1.16 bits per heavy atom. The van der Waals surface area contributed by atoms with Gasteiger partial charge in [0.15, 0.2) is 6.10 Å². The number of unbranched alkanes of at least 4 members (excludes halogenated alkanes) is 3. The van der Waals surface area contributed by atoms with Crippen LogP contribution < -0.4 is 0 Å². The molecule has 0 amide bonds. The minimum absolute atomic E-state index is 0.0513. The van der Waals surface area contributed by atoms with Crippen LogP contribution in [0.25, 0.3) is 0 Å². The van der Waals surface area contributed by atoms with E-state index in [2.05, 4.69) is 17.0 Å². The molecule has 0 aliphatic rings. The number of rotatable bonds is 9. The van der Waals surface area contributed by atoms with E-state index in [1.165, 1.54) is 35.8 Å². The number of ether oxygens (including phenoxy) is 1. The number of benzene rings is 1. The van der Waals surface area contributed by atoms with Gasteiger partial charge in [0, 0.05) is 12.6 Å². The number of ketones is 1. The summed E-state index contributed by atoms with van der Waals surface area (Å²) in [4.78, 5) is 28.1. The molecule has 0 aliphatic carbocycles. The molecule has 1 heterocycles. The summed E-state index contributed by atoms with van der Waals surface area (Å²) in [6, 6.07) is 7.52. The van der Waals surface area contributed by atoms with E-state index >= 15 is 0 Å². The van der Waals surface area contributed by atoms with Crippen molar-refractivity contribution in [3.63, 3.8) is 0 Å². The number of Topliss-reactive ketones (excluding diaryl/α,β-unsaturated/α-hetero) is 1.